The summed E-state index contributed by atoms with van der Waals surface area (Å²) in [5, 5.41) is 2.31. The molecule has 0 aromatic heterocycles. The third kappa shape index (κ3) is 5.12. The number of halogens is 2. The molecule has 0 unspecified atom stereocenters. The molecule has 3 aromatic carbocycles. The highest BCUT2D eigenvalue weighted by molar-refractivity contribution is 9.11. The Morgan fingerprint density at radius 3 is 2.05 bits per heavy atom. The summed E-state index contributed by atoms with van der Waals surface area (Å²) >= 11 is 7.47. The van der Waals surface area contributed by atoms with Gasteiger partial charge in [0.05, 0.1) is 4.47 Å². The van der Waals surface area contributed by atoms with Crippen LogP contribution in [0.1, 0.15) is 70.4 Å². The highest BCUT2D eigenvalue weighted by atomic mass is 79.9. The van der Waals surface area contributed by atoms with Gasteiger partial charge in [-0.05, 0) is 68.1 Å². The molecule has 6 heteroatoms. The summed E-state index contributed by atoms with van der Waals surface area (Å²) in [6.45, 7) is 9.00. The van der Waals surface area contributed by atoms with E-state index in [1.165, 1.54) is 0 Å². The van der Waals surface area contributed by atoms with Gasteiger partial charge in [-0.25, -0.2) is 0 Å². The zero-order chi connectivity index (χ0) is 29.3. The van der Waals surface area contributed by atoms with Crippen molar-refractivity contribution in [2.45, 2.75) is 65.9 Å². The Labute approximate surface area is 259 Å². The van der Waals surface area contributed by atoms with Crippen molar-refractivity contribution < 1.29 is 14.3 Å². The zero-order valence-electron chi connectivity index (χ0n) is 24.2. The van der Waals surface area contributed by atoms with Gasteiger partial charge in [-0.2, -0.15) is 0 Å². The largest absolute Gasteiger partial charge is 0.487 e. The van der Waals surface area contributed by atoms with Crippen LogP contribution < -0.4 is 4.74 Å². The number of rotatable bonds is 4. The maximum absolute atomic E-state index is 14.0. The van der Waals surface area contributed by atoms with E-state index < -0.39 is 5.92 Å². The third-order valence-corrected chi connectivity index (χ3v) is 9.83. The monoisotopic (exact) mass is 675 g/mol. The van der Waals surface area contributed by atoms with Gasteiger partial charge >= 0.3 is 0 Å². The van der Waals surface area contributed by atoms with E-state index in [1.54, 1.807) is 0 Å². The first-order valence-electron chi connectivity index (χ1n) is 14.2. The second kappa shape index (κ2) is 10.2. The molecule has 4 nitrogen and oxygen atoms in total. The fraction of sp³-hybridized carbons (Fsp3) is 0.371. The van der Waals surface area contributed by atoms with E-state index in [0.29, 0.717) is 25.2 Å². The van der Waals surface area contributed by atoms with Crippen molar-refractivity contribution in [2.75, 3.05) is 7.05 Å². The van der Waals surface area contributed by atoms with Gasteiger partial charge in [-0.1, -0.05) is 86.1 Å². The Morgan fingerprint density at radius 2 is 1.41 bits per heavy atom. The van der Waals surface area contributed by atoms with Crippen molar-refractivity contribution in [1.29, 1.82) is 0 Å². The smallest absolute Gasteiger partial charge is 0.162 e. The quantitative estimate of drug-likeness (QED) is 0.276. The molecular weight excluding hydrogens is 642 g/mol. The highest BCUT2D eigenvalue weighted by Gasteiger charge is 2.49. The SMILES string of the molecule is CN1C2=C(C(=O)CC(C)(C)C2)C(c2cc(Br)cc(Br)c2OCc2cccc3ccccc23)C2=C1CC(C)(C)CC2=O. The maximum Gasteiger partial charge on any atom is 0.162 e. The first-order chi connectivity index (χ1) is 19.3. The van der Waals surface area contributed by atoms with Crippen LogP contribution >= 0.6 is 31.9 Å². The maximum atomic E-state index is 14.0. The van der Waals surface area contributed by atoms with Crippen LogP contribution in [0.3, 0.4) is 0 Å². The molecule has 0 saturated carbocycles. The molecule has 0 bridgehead atoms. The molecule has 0 radical (unpaired) electrons. The summed E-state index contributed by atoms with van der Waals surface area (Å²) in [5.41, 5.74) is 5.21. The molecule has 0 amide bonds. The molecule has 0 N–H and O–H groups in total. The van der Waals surface area contributed by atoms with Crippen molar-refractivity contribution in [1.82, 2.24) is 4.90 Å². The van der Waals surface area contributed by atoms with E-state index in [2.05, 4.69) is 94.8 Å². The minimum Gasteiger partial charge on any atom is -0.487 e. The number of ether oxygens (including phenoxy) is 1. The number of nitrogens with zero attached hydrogens (tertiary/aromatic N) is 1. The summed E-state index contributed by atoms with van der Waals surface area (Å²) in [7, 11) is 2.04. The average Bonchev–Trinajstić information content (AvgIpc) is 2.88. The van der Waals surface area contributed by atoms with Crippen molar-refractivity contribution in [3.8, 4) is 5.75 Å². The summed E-state index contributed by atoms with van der Waals surface area (Å²) in [4.78, 5) is 30.2. The second-order valence-electron chi connectivity index (χ2n) is 13.3. The molecule has 41 heavy (non-hydrogen) atoms. The average molecular weight is 677 g/mol. The van der Waals surface area contributed by atoms with E-state index in [1.807, 2.05) is 31.3 Å². The van der Waals surface area contributed by atoms with Crippen LogP contribution in [0.4, 0.5) is 0 Å². The van der Waals surface area contributed by atoms with E-state index in [4.69, 9.17) is 4.74 Å². The van der Waals surface area contributed by atoms with Crippen molar-refractivity contribution in [3.63, 3.8) is 0 Å². The molecule has 3 aromatic rings. The first kappa shape index (κ1) is 28.4. The molecule has 2 aliphatic carbocycles. The number of carbonyl (C=O) groups is 2. The zero-order valence-corrected chi connectivity index (χ0v) is 27.4. The molecule has 0 spiro atoms. The lowest BCUT2D eigenvalue weighted by Crippen LogP contribution is -2.43. The van der Waals surface area contributed by atoms with Crippen LogP contribution in [0.25, 0.3) is 10.8 Å². The standard InChI is InChI=1S/C35H35Br2NO3/c1-34(2)15-26-31(28(39)17-34)30(32-27(38(26)5)16-35(3,4)18-29(32)40)24-13-22(36)14-25(37)33(24)41-19-21-11-8-10-20-9-6-7-12-23(20)21/h6-14,30H,15-19H2,1-5H3. The van der Waals surface area contributed by atoms with Gasteiger partial charge < -0.3 is 9.64 Å². The number of hydrogen-bond acceptors (Lipinski definition) is 4. The number of carbonyl (C=O) groups excluding carboxylic acids is 2. The number of hydrogen-bond donors (Lipinski definition) is 0. The normalized spacial score (nSPS) is 20.4. The van der Waals surface area contributed by atoms with Crippen molar-refractivity contribution in [3.05, 3.63) is 97.2 Å². The molecule has 0 saturated heterocycles. The van der Waals surface area contributed by atoms with Crippen LogP contribution in [-0.2, 0) is 16.2 Å². The minimum atomic E-state index is -0.472. The van der Waals surface area contributed by atoms with Gasteiger partial charge in [0.2, 0.25) is 0 Å². The topological polar surface area (TPSA) is 46.6 Å². The molecular formula is C35H35Br2NO3. The molecule has 6 rings (SSSR count). The Kier molecular flexibility index (Phi) is 7.09. The molecule has 0 atom stereocenters. The highest BCUT2D eigenvalue weighted by Crippen LogP contribution is 2.56. The molecule has 1 heterocycles. The van der Waals surface area contributed by atoms with Gasteiger partial charge in [-0.3, -0.25) is 9.59 Å². The fourth-order valence-electron chi connectivity index (χ4n) is 6.99. The van der Waals surface area contributed by atoms with E-state index in [-0.39, 0.29) is 22.4 Å². The van der Waals surface area contributed by atoms with Crippen LogP contribution in [0.2, 0.25) is 0 Å². The molecule has 1 aliphatic heterocycles. The predicted molar refractivity (Wildman–Crippen MR) is 171 cm³/mol. The molecule has 0 fully saturated rings. The van der Waals surface area contributed by atoms with Crippen molar-refractivity contribution in [2.24, 2.45) is 10.8 Å². The lowest BCUT2D eigenvalue weighted by Gasteiger charge is -2.48. The van der Waals surface area contributed by atoms with Gasteiger partial charge in [-0.15, -0.1) is 0 Å². The van der Waals surface area contributed by atoms with Crippen LogP contribution in [0.5, 0.6) is 5.75 Å². The Morgan fingerprint density at radius 1 is 0.829 bits per heavy atom. The number of benzene rings is 3. The van der Waals surface area contributed by atoms with E-state index in [0.717, 1.165) is 66.2 Å². The lowest BCUT2D eigenvalue weighted by molar-refractivity contribution is -0.119. The van der Waals surface area contributed by atoms with Gasteiger partial charge in [0.1, 0.15) is 12.4 Å². The second-order valence-corrected chi connectivity index (χ2v) is 15.1. The lowest BCUT2D eigenvalue weighted by atomic mass is 9.63. The predicted octanol–water partition coefficient (Wildman–Crippen LogP) is 9.26. The van der Waals surface area contributed by atoms with Crippen LogP contribution in [0.15, 0.2) is 86.1 Å². The minimum absolute atomic E-state index is 0.119. The summed E-state index contributed by atoms with van der Waals surface area (Å²) in [5.74, 6) is 0.436. The van der Waals surface area contributed by atoms with Crippen LogP contribution in [-0.4, -0.2) is 23.5 Å². The van der Waals surface area contributed by atoms with Gasteiger partial charge in [0, 0.05) is 58.4 Å². The number of ketones is 2. The van der Waals surface area contributed by atoms with Gasteiger partial charge in [0.25, 0.3) is 0 Å². The number of allylic oxidation sites excluding steroid dienone is 4. The summed E-state index contributed by atoms with van der Waals surface area (Å²) in [6.07, 6.45) is 2.49. The number of fused-ring (bicyclic) bond motifs is 1. The number of Topliss-reactive ketones (excluding diaryl/α,β-unsaturated/α-hetero) is 2. The molecule has 3 aliphatic rings. The Bertz CT molecular complexity index is 1620. The Hall–Kier alpha value is -2.70. The van der Waals surface area contributed by atoms with E-state index in [9.17, 15) is 9.59 Å². The third-order valence-electron chi connectivity index (χ3n) is 8.78. The van der Waals surface area contributed by atoms with E-state index >= 15 is 0 Å². The van der Waals surface area contributed by atoms with Gasteiger partial charge in [0.15, 0.2) is 11.6 Å². The molecule has 212 valence electrons. The fourth-order valence-corrected chi connectivity index (χ4v) is 8.36. The summed E-state index contributed by atoms with van der Waals surface area (Å²) in [6, 6.07) is 18.5. The van der Waals surface area contributed by atoms with Crippen molar-refractivity contribution >= 4 is 54.2 Å². The summed E-state index contributed by atoms with van der Waals surface area (Å²) < 4.78 is 8.32. The Balaban J connectivity index is 1.53. The van der Waals surface area contributed by atoms with Crippen LogP contribution in [0, 0.1) is 10.8 Å². The first-order valence-corrected chi connectivity index (χ1v) is 15.8.